The Bertz CT molecular complexity index is 1130. The van der Waals surface area contributed by atoms with Crippen molar-refractivity contribution >= 4 is 21.9 Å². The molecular weight excluding hydrogens is 430 g/mol. The van der Waals surface area contributed by atoms with Crippen LogP contribution in [0.3, 0.4) is 0 Å². The maximum atomic E-state index is 13.2. The van der Waals surface area contributed by atoms with Gasteiger partial charge in [0.05, 0.1) is 18.0 Å². The Morgan fingerprint density at radius 1 is 0.903 bits per heavy atom. The van der Waals surface area contributed by atoms with E-state index in [2.05, 4.69) is 9.97 Å². The first-order valence-electron chi connectivity index (χ1n) is 9.08. The lowest BCUT2D eigenvalue weighted by molar-refractivity contribution is -0.396. The Morgan fingerprint density at radius 3 is 1.77 bits per heavy atom. The molecule has 31 heavy (non-hydrogen) atoms. The standard InChI is InChI=1S/C17H19N7O6S/c1-14-2-4-15(5-3-14)31(29,30)22(12-10-20-8-6-18-16(20)23(25)26)13-11-21-9-7-19-17(21)24(27)28/h2-9H,10-13H2,1H3. The van der Waals surface area contributed by atoms with Crippen molar-refractivity contribution < 1.29 is 18.3 Å². The predicted octanol–water partition coefficient (Wildman–Crippen LogP) is 1.60. The Labute approximate surface area is 176 Å². The summed E-state index contributed by atoms with van der Waals surface area (Å²) in [5.41, 5.74) is 0.883. The van der Waals surface area contributed by atoms with Gasteiger partial charge in [-0.2, -0.15) is 4.31 Å². The first kappa shape index (κ1) is 22.0. The molecule has 0 N–H and O–H groups in total. The highest BCUT2D eigenvalue weighted by molar-refractivity contribution is 7.89. The zero-order valence-electron chi connectivity index (χ0n) is 16.4. The SMILES string of the molecule is Cc1ccc(S(=O)(=O)N(CCn2ccnc2[N+](=O)[O-])CCn2ccnc2[N+](=O)[O-])cc1. The number of rotatable bonds is 10. The number of nitro groups is 2. The fraction of sp³-hybridized carbons (Fsp3) is 0.294. The maximum absolute atomic E-state index is 13.2. The van der Waals surface area contributed by atoms with E-state index in [1.807, 2.05) is 6.92 Å². The van der Waals surface area contributed by atoms with Crippen LogP contribution in [-0.4, -0.2) is 54.8 Å². The third kappa shape index (κ3) is 4.92. The lowest BCUT2D eigenvalue weighted by Crippen LogP contribution is -2.36. The average Bonchev–Trinajstić information content (AvgIpc) is 3.37. The summed E-state index contributed by atoms with van der Waals surface area (Å²) in [6.45, 7) is 1.58. The second-order valence-corrected chi connectivity index (χ2v) is 8.51. The molecule has 0 spiro atoms. The molecule has 0 saturated carbocycles. The molecule has 164 valence electrons. The van der Waals surface area contributed by atoms with Crippen LogP contribution in [-0.2, 0) is 23.1 Å². The molecule has 0 atom stereocenters. The molecule has 14 heteroatoms. The summed E-state index contributed by atoms with van der Waals surface area (Å²) < 4.78 is 30.0. The van der Waals surface area contributed by atoms with Gasteiger partial charge < -0.3 is 20.2 Å². The molecule has 0 aliphatic heterocycles. The molecule has 0 aliphatic carbocycles. The van der Waals surface area contributed by atoms with Crippen molar-refractivity contribution in [3.05, 3.63) is 74.8 Å². The van der Waals surface area contributed by atoms with Gasteiger partial charge >= 0.3 is 11.9 Å². The Balaban J connectivity index is 1.86. The molecule has 0 aliphatic rings. The molecule has 1 aromatic carbocycles. The molecule has 0 saturated heterocycles. The van der Waals surface area contributed by atoms with Gasteiger partial charge in [-0.1, -0.05) is 27.7 Å². The van der Waals surface area contributed by atoms with E-state index in [9.17, 15) is 28.6 Å². The average molecular weight is 449 g/mol. The van der Waals surface area contributed by atoms with Gasteiger partial charge in [0.2, 0.25) is 10.0 Å². The largest absolute Gasteiger partial charge is 0.434 e. The summed E-state index contributed by atoms with van der Waals surface area (Å²) in [4.78, 5) is 28.2. The van der Waals surface area contributed by atoms with E-state index in [-0.39, 0.29) is 31.1 Å². The van der Waals surface area contributed by atoms with Crippen molar-refractivity contribution in [2.45, 2.75) is 24.9 Å². The second-order valence-electron chi connectivity index (χ2n) is 6.57. The minimum atomic E-state index is -3.96. The molecule has 3 rings (SSSR count). The Hall–Kier alpha value is -3.65. The lowest BCUT2D eigenvalue weighted by atomic mass is 10.2. The van der Waals surface area contributed by atoms with E-state index in [0.29, 0.717) is 0 Å². The van der Waals surface area contributed by atoms with Gasteiger partial charge in [-0.05, 0) is 28.9 Å². The van der Waals surface area contributed by atoms with Crippen LogP contribution in [0.15, 0.2) is 53.9 Å². The third-order valence-electron chi connectivity index (χ3n) is 4.55. The van der Waals surface area contributed by atoms with Crippen molar-refractivity contribution in [3.63, 3.8) is 0 Å². The van der Waals surface area contributed by atoms with Crippen LogP contribution in [0, 0.1) is 27.2 Å². The number of imidazole rings is 2. The van der Waals surface area contributed by atoms with E-state index in [1.165, 1.54) is 46.1 Å². The van der Waals surface area contributed by atoms with E-state index < -0.39 is 31.8 Å². The summed E-state index contributed by atoms with van der Waals surface area (Å²) >= 11 is 0. The van der Waals surface area contributed by atoms with Crippen molar-refractivity contribution in [2.24, 2.45) is 0 Å². The van der Waals surface area contributed by atoms with E-state index >= 15 is 0 Å². The van der Waals surface area contributed by atoms with Crippen molar-refractivity contribution in [3.8, 4) is 0 Å². The highest BCUT2D eigenvalue weighted by Crippen LogP contribution is 2.18. The molecule has 0 fully saturated rings. The number of benzene rings is 1. The fourth-order valence-electron chi connectivity index (χ4n) is 2.95. The van der Waals surface area contributed by atoms with Gasteiger partial charge in [-0.15, -0.1) is 0 Å². The van der Waals surface area contributed by atoms with Crippen molar-refractivity contribution in [2.75, 3.05) is 13.1 Å². The normalized spacial score (nSPS) is 11.7. The molecule has 0 radical (unpaired) electrons. The van der Waals surface area contributed by atoms with Crippen LogP contribution >= 0.6 is 0 Å². The zero-order valence-corrected chi connectivity index (χ0v) is 17.3. The van der Waals surface area contributed by atoms with Crippen LogP contribution in [0.1, 0.15) is 5.56 Å². The van der Waals surface area contributed by atoms with E-state index in [1.54, 1.807) is 12.1 Å². The topological polar surface area (TPSA) is 159 Å². The van der Waals surface area contributed by atoms with Gasteiger partial charge in [-0.25, -0.2) is 17.6 Å². The number of nitrogens with zero attached hydrogens (tertiary/aromatic N) is 7. The Morgan fingerprint density at radius 2 is 1.35 bits per heavy atom. The molecule has 13 nitrogen and oxygen atoms in total. The van der Waals surface area contributed by atoms with Crippen LogP contribution in [0.4, 0.5) is 11.9 Å². The number of aromatic nitrogens is 4. The smallest absolute Gasteiger partial charge is 0.390 e. The van der Waals surface area contributed by atoms with E-state index in [4.69, 9.17) is 0 Å². The van der Waals surface area contributed by atoms with Gasteiger partial charge in [-0.3, -0.25) is 0 Å². The minimum Gasteiger partial charge on any atom is -0.390 e. The first-order chi connectivity index (χ1) is 14.7. The van der Waals surface area contributed by atoms with Crippen LogP contribution in [0.2, 0.25) is 0 Å². The lowest BCUT2D eigenvalue weighted by Gasteiger charge is -2.21. The van der Waals surface area contributed by atoms with Gasteiger partial charge in [0.25, 0.3) is 0 Å². The number of sulfonamides is 1. The highest BCUT2D eigenvalue weighted by atomic mass is 32.2. The van der Waals surface area contributed by atoms with E-state index in [0.717, 1.165) is 9.87 Å². The molecular formula is C17H19N7O6S. The van der Waals surface area contributed by atoms with Gasteiger partial charge in [0.15, 0.2) is 0 Å². The summed E-state index contributed by atoms with van der Waals surface area (Å²) in [6, 6.07) is 6.26. The van der Waals surface area contributed by atoms with Gasteiger partial charge in [0.1, 0.15) is 24.8 Å². The molecule has 3 aromatic rings. The summed E-state index contributed by atoms with van der Waals surface area (Å²) in [7, 11) is -3.96. The summed E-state index contributed by atoms with van der Waals surface area (Å²) in [5.74, 6) is -0.809. The zero-order chi connectivity index (χ0) is 22.6. The van der Waals surface area contributed by atoms with Gasteiger partial charge in [0, 0.05) is 13.1 Å². The molecule has 0 unspecified atom stereocenters. The predicted molar refractivity (Wildman–Crippen MR) is 108 cm³/mol. The minimum absolute atomic E-state index is 0.0204. The highest BCUT2D eigenvalue weighted by Gasteiger charge is 2.27. The Kier molecular flexibility index (Phi) is 6.41. The second kappa shape index (κ2) is 9.01. The maximum Gasteiger partial charge on any atom is 0.434 e. The monoisotopic (exact) mass is 449 g/mol. The number of aryl methyl sites for hydroxylation is 1. The molecule has 2 heterocycles. The van der Waals surface area contributed by atoms with Crippen molar-refractivity contribution in [1.29, 1.82) is 0 Å². The fourth-order valence-corrected chi connectivity index (χ4v) is 4.37. The summed E-state index contributed by atoms with van der Waals surface area (Å²) in [6.07, 6.45) is 5.28. The quantitative estimate of drug-likeness (QED) is 0.333. The van der Waals surface area contributed by atoms with Crippen molar-refractivity contribution in [1.82, 2.24) is 23.4 Å². The van der Waals surface area contributed by atoms with Crippen LogP contribution in [0.5, 0.6) is 0 Å². The third-order valence-corrected chi connectivity index (χ3v) is 6.47. The number of hydrogen-bond acceptors (Lipinski definition) is 8. The number of hydrogen-bond donors (Lipinski definition) is 0. The van der Waals surface area contributed by atoms with Crippen LogP contribution in [0.25, 0.3) is 0 Å². The molecule has 0 bridgehead atoms. The van der Waals surface area contributed by atoms with Crippen LogP contribution < -0.4 is 0 Å². The molecule has 0 amide bonds. The summed E-state index contributed by atoms with van der Waals surface area (Å²) in [5, 5.41) is 22.2. The molecule has 2 aromatic heterocycles. The first-order valence-corrected chi connectivity index (χ1v) is 10.5.